The largest absolute Gasteiger partial charge is 0.351 e. The van der Waals surface area contributed by atoms with E-state index in [1.807, 2.05) is 18.2 Å². The van der Waals surface area contributed by atoms with Crippen molar-refractivity contribution in [2.75, 3.05) is 19.6 Å². The fraction of sp³-hybridized carbons (Fsp3) is 0.471. The number of likely N-dealkylation sites (N-methyl/N-ethyl adjacent to an activating group) is 1. The first-order valence-electron chi connectivity index (χ1n) is 7.90. The minimum atomic E-state index is -0.354. The lowest BCUT2D eigenvalue weighted by Gasteiger charge is -2.25. The molecule has 0 saturated carbocycles. The van der Waals surface area contributed by atoms with E-state index in [9.17, 15) is 9.59 Å². The summed E-state index contributed by atoms with van der Waals surface area (Å²) in [6.45, 7) is 4.89. The van der Waals surface area contributed by atoms with Crippen molar-refractivity contribution in [1.82, 2.24) is 10.2 Å². The van der Waals surface area contributed by atoms with Crippen molar-refractivity contribution in [2.45, 2.75) is 25.8 Å². The molecule has 1 N–H and O–H groups in total. The first-order valence-corrected chi connectivity index (χ1v) is 7.90. The molecular formula is C17H21N3O2. The van der Waals surface area contributed by atoms with Crippen LogP contribution in [0.2, 0.25) is 0 Å². The van der Waals surface area contributed by atoms with E-state index in [4.69, 9.17) is 0 Å². The maximum absolute atomic E-state index is 12.5. The second-order valence-electron chi connectivity index (χ2n) is 5.83. The average molecular weight is 299 g/mol. The molecule has 0 spiro atoms. The molecule has 0 radical (unpaired) electrons. The maximum atomic E-state index is 12.5. The summed E-state index contributed by atoms with van der Waals surface area (Å²) in [6.07, 6.45) is 11.1. The molecule has 1 aliphatic carbocycles. The topological polar surface area (TPSA) is 61.8 Å². The van der Waals surface area contributed by atoms with Gasteiger partial charge in [0, 0.05) is 24.2 Å². The maximum Gasteiger partial charge on any atom is 0.270 e. The van der Waals surface area contributed by atoms with Gasteiger partial charge in [0.15, 0.2) is 0 Å². The fourth-order valence-electron chi connectivity index (χ4n) is 3.35. The highest BCUT2D eigenvalue weighted by molar-refractivity contribution is 6.18. The summed E-state index contributed by atoms with van der Waals surface area (Å²) < 4.78 is 0. The van der Waals surface area contributed by atoms with E-state index in [-0.39, 0.29) is 17.7 Å². The van der Waals surface area contributed by atoms with Gasteiger partial charge < -0.3 is 5.32 Å². The van der Waals surface area contributed by atoms with Gasteiger partial charge in [0.05, 0.1) is 11.6 Å². The molecule has 0 aromatic carbocycles. The van der Waals surface area contributed by atoms with Crippen LogP contribution in [0.15, 0.2) is 40.9 Å². The number of nitrogens with zero attached hydrogens (tertiary/aromatic N) is 2. The Balaban J connectivity index is 1.66. The lowest BCUT2D eigenvalue weighted by Crippen LogP contribution is -2.42. The van der Waals surface area contributed by atoms with E-state index in [0.717, 1.165) is 19.5 Å². The number of allylic oxidation sites excluding steroid dienone is 4. The number of fused-ring (bicyclic) bond motifs is 1. The van der Waals surface area contributed by atoms with Gasteiger partial charge in [-0.25, -0.2) is 4.99 Å². The summed E-state index contributed by atoms with van der Waals surface area (Å²) in [7, 11) is 0. The number of nitrogens with one attached hydrogen (secondary N) is 1. The molecule has 2 heterocycles. The number of likely N-dealkylation sites (tertiary alicyclic amines) is 1. The fourth-order valence-corrected chi connectivity index (χ4v) is 3.35. The Labute approximate surface area is 130 Å². The smallest absolute Gasteiger partial charge is 0.270 e. The van der Waals surface area contributed by atoms with Crippen LogP contribution in [0.4, 0.5) is 0 Å². The van der Waals surface area contributed by atoms with Crippen LogP contribution in [0.3, 0.4) is 0 Å². The Morgan fingerprint density at radius 1 is 1.45 bits per heavy atom. The predicted octanol–water partition coefficient (Wildman–Crippen LogP) is 1.24. The quantitative estimate of drug-likeness (QED) is 0.849. The number of hydrogen-bond donors (Lipinski definition) is 1. The monoisotopic (exact) mass is 299 g/mol. The Hall–Kier alpha value is -2.01. The number of hydrogen-bond acceptors (Lipinski definition) is 3. The Morgan fingerprint density at radius 3 is 3.14 bits per heavy atom. The zero-order chi connectivity index (χ0) is 15.5. The third-order valence-electron chi connectivity index (χ3n) is 4.52. The van der Waals surface area contributed by atoms with E-state index < -0.39 is 0 Å². The molecule has 116 valence electrons. The lowest BCUT2D eigenvalue weighted by atomic mass is 9.87. The Kier molecular flexibility index (Phi) is 4.34. The normalized spacial score (nSPS) is 27.4. The van der Waals surface area contributed by atoms with Gasteiger partial charge in [0.1, 0.15) is 0 Å². The summed E-state index contributed by atoms with van der Waals surface area (Å²) in [5.74, 6) is -0.713. The van der Waals surface area contributed by atoms with Crippen LogP contribution < -0.4 is 5.32 Å². The highest BCUT2D eigenvalue weighted by atomic mass is 16.2. The number of carbonyl (C=O) groups excluding carboxylic acids is 2. The van der Waals surface area contributed by atoms with Crippen LogP contribution in [0, 0.1) is 5.92 Å². The van der Waals surface area contributed by atoms with Crippen molar-refractivity contribution < 1.29 is 9.59 Å². The molecule has 2 atom stereocenters. The number of amides is 2. The molecule has 0 bridgehead atoms. The molecule has 5 heteroatoms. The van der Waals surface area contributed by atoms with Crippen molar-refractivity contribution in [2.24, 2.45) is 10.9 Å². The van der Waals surface area contributed by atoms with Gasteiger partial charge in [-0.05, 0) is 32.0 Å². The summed E-state index contributed by atoms with van der Waals surface area (Å²) in [5.41, 5.74) is 1.15. The van der Waals surface area contributed by atoms with Crippen LogP contribution >= 0.6 is 0 Å². The van der Waals surface area contributed by atoms with Gasteiger partial charge in [-0.1, -0.05) is 25.2 Å². The van der Waals surface area contributed by atoms with E-state index in [1.165, 1.54) is 12.5 Å². The zero-order valence-electron chi connectivity index (χ0n) is 12.8. The van der Waals surface area contributed by atoms with Gasteiger partial charge in [-0.3, -0.25) is 14.5 Å². The van der Waals surface area contributed by atoms with Crippen LogP contribution in [0.25, 0.3) is 0 Å². The van der Waals surface area contributed by atoms with Crippen molar-refractivity contribution >= 4 is 17.5 Å². The Morgan fingerprint density at radius 2 is 2.32 bits per heavy atom. The number of carbonyl (C=O) groups is 2. The van der Waals surface area contributed by atoms with Crippen LogP contribution in [0.1, 0.15) is 19.8 Å². The highest BCUT2D eigenvalue weighted by Gasteiger charge is 2.29. The molecule has 1 saturated heterocycles. The molecule has 3 rings (SSSR count). The minimum absolute atomic E-state index is 0.159. The zero-order valence-corrected chi connectivity index (χ0v) is 12.8. The van der Waals surface area contributed by atoms with Gasteiger partial charge in [0.2, 0.25) is 5.91 Å². The van der Waals surface area contributed by atoms with Crippen molar-refractivity contribution in [1.29, 1.82) is 0 Å². The molecule has 0 aromatic rings. The second kappa shape index (κ2) is 6.40. The van der Waals surface area contributed by atoms with E-state index in [1.54, 1.807) is 6.08 Å². The Bertz CT molecular complexity index is 601. The predicted molar refractivity (Wildman–Crippen MR) is 85.6 cm³/mol. The van der Waals surface area contributed by atoms with E-state index in [0.29, 0.717) is 23.9 Å². The molecule has 2 aliphatic heterocycles. The number of aliphatic imine (C=N–C) groups is 1. The molecule has 2 unspecified atom stereocenters. The van der Waals surface area contributed by atoms with E-state index in [2.05, 4.69) is 22.1 Å². The van der Waals surface area contributed by atoms with Crippen molar-refractivity contribution in [3.63, 3.8) is 0 Å². The molecule has 2 amide bonds. The summed E-state index contributed by atoms with van der Waals surface area (Å²) in [6, 6.07) is 0.406. The average Bonchev–Trinajstić information content (AvgIpc) is 2.99. The molecule has 1 fully saturated rings. The van der Waals surface area contributed by atoms with Crippen LogP contribution in [-0.2, 0) is 9.59 Å². The molecule has 22 heavy (non-hydrogen) atoms. The van der Waals surface area contributed by atoms with Gasteiger partial charge in [0.25, 0.3) is 5.91 Å². The number of rotatable bonds is 4. The van der Waals surface area contributed by atoms with Gasteiger partial charge in [-0.2, -0.15) is 0 Å². The second-order valence-corrected chi connectivity index (χ2v) is 5.83. The van der Waals surface area contributed by atoms with Gasteiger partial charge >= 0.3 is 0 Å². The summed E-state index contributed by atoms with van der Waals surface area (Å²) in [4.78, 5) is 30.5. The third-order valence-corrected chi connectivity index (χ3v) is 4.52. The van der Waals surface area contributed by atoms with Gasteiger partial charge in [-0.15, -0.1) is 0 Å². The molecule has 3 aliphatic rings. The highest BCUT2D eigenvalue weighted by Crippen LogP contribution is 2.23. The van der Waals surface area contributed by atoms with Crippen LogP contribution in [-0.4, -0.2) is 48.1 Å². The molecular weight excluding hydrogens is 278 g/mol. The molecule has 5 nitrogen and oxygen atoms in total. The summed E-state index contributed by atoms with van der Waals surface area (Å²) in [5, 5.41) is 3.00. The molecule has 0 aromatic heterocycles. The SMILES string of the molecule is CCN1CCCC1CNC(=O)C1=CC(=O)N=C2C=CC=CC12. The minimum Gasteiger partial charge on any atom is -0.351 e. The van der Waals surface area contributed by atoms with Crippen molar-refractivity contribution in [3.05, 3.63) is 36.0 Å². The lowest BCUT2D eigenvalue weighted by molar-refractivity contribution is -0.119. The van der Waals surface area contributed by atoms with Crippen molar-refractivity contribution in [3.8, 4) is 0 Å². The van der Waals surface area contributed by atoms with E-state index >= 15 is 0 Å². The standard InChI is InChI=1S/C17H21N3O2/c1-2-20-9-5-6-12(20)11-18-17(22)14-10-16(21)19-15-8-4-3-7-13(14)15/h3-4,7-8,10,12-13H,2,5-6,9,11H2,1H3,(H,18,22). The van der Waals surface area contributed by atoms with Crippen LogP contribution in [0.5, 0.6) is 0 Å². The number of dihydropyridines is 1. The summed E-state index contributed by atoms with van der Waals surface area (Å²) >= 11 is 0. The third kappa shape index (κ3) is 2.95. The first kappa shape index (κ1) is 14.9. The first-order chi connectivity index (χ1) is 10.7.